The van der Waals surface area contributed by atoms with Gasteiger partial charge in [0.15, 0.2) is 0 Å². The first kappa shape index (κ1) is 15.3. The lowest BCUT2D eigenvalue weighted by molar-refractivity contribution is -0.117. The number of benzene rings is 2. The van der Waals surface area contributed by atoms with Crippen LogP contribution in [0.2, 0.25) is 5.02 Å². The van der Waals surface area contributed by atoms with E-state index in [4.69, 9.17) is 17.3 Å². The standard InChI is InChI=1S/C15H14ClFN2O2/c16-12-8-10(3-6-13(12)17)19-15(21)14(18)7-9-1-4-11(20)5-2-9/h1-6,8,14,20H,7,18H2,(H,19,21)/t14-/m1/s1. The maximum Gasteiger partial charge on any atom is 0.241 e. The predicted octanol–water partition coefficient (Wildman–Crippen LogP) is 2.69. The number of aromatic hydroxyl groups is 1. The molecular formula is C15H14ClFN2O2. The van der Waals surface area contributed by atoms with Gasteiger partial charge in [-0.1, -0.05) is 23.7 Å². The zero-order chi connectivity index (χ0) is 15.4. The Kier molecular flexibility index (Phi) is 4.77. The van der Waals surface area contributed by atoms with Crippen molar-refractivity contribution < 1.29 is 14.3 Å². The van der Waals surface area contributed by atoms with Crippen LogP contribution in [-0.2, 0) is 11.2 Å². The molecule has 4 N–H and O–H groups in total. The molecule has 0 aliphatic rings. The molecule has 0 heterocycles. The molecule has 0 aliphatic carbocycles. The number of amides is 1. The molecule has 0 aliphatic heterocycles. The van der Waals surface area contributed by atoms with Crippen LogP contribution in [0.4, 0.5) is 10.1 Å². The molecule has 0 radical (unpaired) electrons. The number of halogens is 2. The average Bonchev–Trinajstić information content (AvgIpc) is 2.45. The molecule has 0 aromatic heterocycles. The van der Waals surface area contributed by atoms with Crippen molar-refractivity contribution in [3.63, 3.8) is 0 Å². The molecule has 2 rings (SSSR count). The van der Waals surface area contributed by atoms with Crippen LogP contribution in [0, 0.1) is 5.82 Å². The lowest BCUT2D eigenvalue weighted by Crippen LogP contribution is -2.37. The highest BCUT2D eigenvalue weighted by Gasteiger charge is 2.15. The fraction of sp³-hybridized carbons (Fsp3) is 0.133. The minimum Gasteiger partial charge on any atom is -0.508 e. The SMILES string of the molecule is N[C@H](Cc1ccc(O)cc1)C(=O)Nc1ccc(F)c(Cl)c1. The quantitative estimate of drug-likeness (QED) is 0.813. The van der Waals surface area contributed by atoms with Gasteiger partial charge in [-0.15, -0.1) is 0 Å². The zero-order valence-corrected chi connectivity index (χ0v) is 11.8. The summed E-state index contributed by atoms with van der Waals surface area (Å²) >= 11 is 5.64. The van der Waals surface area contributed by atoms with Crippen LogP contribution in [0.15, 0.2) is 42.5 Å². The van der Waals surface area contributed by atoms with Crippen LogP contribution in [0.5, 0.6) is 5.75 Å². The van der Waals surface area contributed by atoms with E-state index in [1.165, 1.54) is 30.3 Å². The summed E-state index contributed by atoms with van der Waals surface area (Å²) in [5.41, 5.74) is 7.03. The van der Waals surface area contributed by atoms with Gasteiger partial charge in [-0.25, -0.2) is 4.39 Å². The van der Waals surface area contributed by atoms with Crippen molar-refractivity contribution in [1.82, 2.24) is 0 Å². The van der Waals surface area contributed by atoms with Crippen molar-refractivity contribution in [2.75, 3.05) is 5.32 Å². The molecule has 0 saturated carbocycles. The number of hydrogen-bond donors (Lipinski definition) is 3. The number of anilines is 1. The van der Waals surface area contributed by atoms with E-state index in [9.17, 15) is 14.3 Å². The molecule has 2 aromatic carbocycles. The van der Waals surface area contributed by atoms with Gasteiger partial charge in [0.05, 0.1) is 11.1 Å². The van der Waals surface area contributed by atoms with E-state index in [2.05, 4.69) is 5.32 Å². The molecule has 2 aromatic rings. The lowest BCUT2D eigenvalue weighted by Gasteiger charge is -2.12. The van der Waals surface area contributed by atoms with E-state index in [1.54, 1.807) is 12.1 Å². The molecule has 1 amide bonds. The third-order valence-electron chi connectivity index (χ3n) is 2.92. The number of nitrogens with two attached hydrogens (primary N) is 1. The normalized spacial score (nSPS) is 12.0. The highest BCUT2D eigenvalue weighted by atomic mass is 35.5. The smallest absolute Gasteiger partial charge is 0.241 e. The molecule has 0 saturated heterocycles. The van der Waals surface area contributed by atoms with Crippen molar-refractivity contribution in [3.05, 3.63) is 58.9 Å². The molecule has 0 bridgehead atoms. The Hall–Kier alpha value is -2.11. The topological polar surface area (TPSA) is 75.3 Å². The summed E-state index contributed by atoms with van der Waals surface area (Å²) in [6.45, 7) is 0. The third kappa shape index (κ3) is 4.18. The van der Waals surface area contributed by atoms with Crippen LogP contribution >= 0.6 is 11.6 Å². The van der Waals surface area contributed by atoms with E-state index < -0.39 is 17.8 Å². The highest BCUT2D eigenvalue weighted by Crippen LogP contribution is 2.19. The van der Waals surface area contributed by atoms with Gasteiger partial charge in [0.1, 0.15) is 11.6 Å². The number of carbonyl (C=O) groups excluding carboxylic acids is 1. The summed E-state index contributed by atoms with van der Waals surface area (Å²) < 4.78 is 13.0. The van der Waals surface area contributed by atoms with Crippen molar-refractivity contribution in [1.29, 1.82) is 0 Å². The molecule has 110 valence electrons. The Balaban J connectivity index is 1.98. The fourth-order valence-corrected chi connectivity index (χ4v) is 1.97. The van der Waals surface area contributed by atoms with Crippen LogP contribution in [0.3, 0.4) is 0 Å². The summed E-state index contributed by atoms with van der Waals surface area (Å²) in [6.07, 6.45) is 0.320. The van der Waals surface area contributed by atoms with Crippen molar-refractivity contribution >= 4 is 23.2 Å². The maximum atomic E-state index is 13.0. The molecular weight excluding hydrogens is 295 g/mol. The van der Waals surface area contributed by atoms with E-state index >= 15 is 0 Å². The Morgan fingerprint density at radius 1 is 1.29 bits per heavy atom. The minimum absolute atomic E-state index is 0.0695. The largest absolute Gasteiger partial charge is 0.508 e. The second-order valence-corrected chi connectivity index (χ2v) is 5.00. The van der Waals surface area contributed by atoms with Gasteiger partial charge in [-0.05, 0) is 42.3 Å². The van der Waals surface area contributed by atoms with E-state index in [1.807, 2.05) is 0 Å². The lowest BCUT2D eigenvalue weighted by atomic mass is 10.1. The van der Waals surface area contributed by atoms with Gasteiger partial charge >= 0.3 is 0 Å². The first-order valence-electron chi connectivity index (χ1n) is 6.25. The number of phenolic OH excluding ortho intramolecular Hbond substituents is 1. The molecule has 21 heavy (non-hydrogen) atoms. The van der Waals surface area contributed by atoms with Crippen LogP contribution in [0.25, 0.3) is 0 Å². The van der Waals surface area contributed by atoms with Gasteiger partial charge in [0, 0.05) is 5.69 Å². The second kappa shape index (κ2) is 6.56. The van der Waals surface area contributed by atoms with Gasteiger partial charge in [-0.2, -0.15) is 0 Å². The monoisotopic (exact) mass is 308 g/mol. The number of phenols is 1. The fourth-order valence-electron chi connectivity index (χ4n) is 1.79. The summed E-state index contributed by atoms with van der Waals surface area (Å²) in [6, 6.07) is 9.57. The van der Waals surface area contributed by atoms with E-state index in [-0.39, 0.29) is 10.8 Å². The Morgan fingerprint density at radius 3 is 2.57 bits per heavy atom. The number of hydrogen-bond acceptors (Lipinski definition) is 3. The van der Waals surface area contributed by atoms with Crippen molar-refractivity contribution in [2.45, 2.75) is 12.5 Å². The third-order valence-corrected chi connectivity index (χ3v) is 3.21. The van der Waals surface area contributed by atoms with Crippen LogP contribution in [-0.4, -0.2) is 17.1 Å². The van der Waals surface area contributed by atoms with Gasteiger partial charge < -0.3 is 16.2 Å². The maximum absolute atomic E-state index is 13.0. The Labute approximate surface area is 126 Å². The summed E-state index contributed by atoms with van der Waals surface area (Å²) in [4.78, 5) is 12.0. The molecule has 4 nitrogen and oxygen atoms in total. The second-order valence-electron chi connectivity index (χ2n) is 4.60. The predicted molar refractivity (Wildman–Crippen MR) is 79.8 cm³/mol. The average molecular weight is 309 g/mol. The number of rotatable bonds is 4. The number of carbonyl (C=O) groups is 1. The van der Waals surface area contributed by atoms with Crippen molar-refractivity contribution in [2.24, 2.45) is 5.73 Å². The molecule has 6 heteroatoms. The highest BCUT2D eigenvalue weighted by molar-refractivity contribution is 6.31. The van der Waals surface area contributed by atoms with E-state index in [0.29, 0.717) is 12.1 Å². The molecule has 1 atom stereocenters. The van der Waals surface area contributed by atoms with Gasteiger partial charge in [0.2, 0.25) is 5.91 Å². The zero-order valence-electron chi connectivity index (χ0n) is 11.0. The summed E-state index contributed by atoms with van der Waals surface area (Å²) in [5, 5.41) is 11.7. The van der Waals surface area contributed by atoms with E-state index in [0.717, 1.165) is 5.56 Å². The molecule has 0 spiro atoms. The number of nitrogens with one attached hydrogen (secondary N) is 1. The Bertz CT molecular complexity index is 647. The van der Waals surface area contributed by atoms with Crippen molar-refractivity contribution in [3.8, 4) is 5.75 Å². The minimum atomic E-state index is -0.765. The first-order valence-corrected chi connectivity index (χ1v) is 6.63. The van der Waals surface area contributed by atoms with Gasteiger partial charge in [0.25, 0.3) is 0 Å². The molecule has 0 fully saturated rings. The van der Waals surface area contributed by atoms with Crippen LogP contribution < -0.4 is 11.1 Å². The first-order chi connectivity index (χ1) is 9.95. The van der Waals surface area contributed by atoms with Gasteiger partial charge in [-0.3, -0.25) is 4.79 Å². The summed E-state index contributed by atoms with van der Waals surface area (Å²) in [5.74, 6) is -0.800. The summed E-state index contributed by atoms with van der Waals surface area (Å²) in [7, 11) is 0. The Morgan fingerprint density at radius 2 is 1.95 bits per heavy atom. The molecule has 0 unspecified atom stereocenters. The van der Waals surface area contributed by atoms with Crippen LogP contribution in [0.1, 0.15) is 5.56 Å².